The van der Waals surface area contributed by atoms with Crippen molar-refractivity contribution in [2.24, 2.45) is 0 Å². The van der Waals surface area contributed by atoms with Gasteiger partial charge >= 0.3 is 0 Å². The summed E-state index contributed by atoms with van der Waals surface area (Å²) in [5.41, 5.74) is 3.83. The lowest BCUT2D eigenvalue weighted by atomic mass is 10.0. The summed E-state index contributed by atoms with van der Waals surface area (Å²) in [6.45, 7) is 2.49. The van der Waals surface area contributed by atoms with Crippen molar-refractivity contribution in [2.45, 2.75) is 13.5 Å². The molecule has 5 nitrogen and oxygen atoms in total. The number of non-ortho nitro benzene ring substituents is 1. The molecule has 0 amide bonds. The van der Waals surface area contributed by atoms with Gasteiger partial charge in [0.05, 0.1) is 21.0 Å². The van der Waals surface area contributed by atoms with E-state index in [0.717, 1.165) is 15.6 Å². The first-order valence-corrected chi connectivity index (χ1v) is 9.60. The van der Waals surface area contributed by atoms with Gasteiger partial charge in [-0.2, -0.15) is 5.26 Å². The monoisotopic (exact) mass is 448 g/mol. The molecule has 0 radical (unpaired) electrons. The van der Waals surface area contributed by atoms with E-state index in [1.54, 1.807) is 18.2 Å². The van der Waals surface area contributed by atoms with Gasteiger partial charge < -0.3 is 4.74 Å². The van der Waals surface area contributed by atoms with Crippen LogP contribution in [-0.4, -0.2) is 4.92 Å². The van der Waals surface area contributed by atoms with Gasteiger partial charge in [-0.05, 0) is 57.8 Å². The van der Waals surface area contributed by atoms with Gasteiger partial charge in [0, 0.05) is 12.1 Å². The molecular formula is C23H17BrN2O3. The van der Waals surface area contributed by atoms with Crippen molar-refractivity contribution in [1.82, 2.24) is 0 Å². The van der Waals surface area contributed by atoms with Gasteiger partial charge in [-0.15, -0.1) is 0 Å². The maximum Gasteiger partial charge on any atom is 0.270 e. The van der Waals surface area contributed by atoms with E-state index in [-0.39, 0.29) is 5.69 Å². The molecule has 0 saturated carbocycles. The Hall–Kier alpha value is -3.43. The molecule has 0 atom stereocenters. The molecule has 0 bridgehead atoms. The minimum Gasteiger partial charge on any atom is -0.488 e. The minimum absolute atomic E-state index is 0.0512. The second kappa shape index (κ2) is 9.18. The highest BCUT2D eigenvalue weighted by Gasteiger charge is 2.10. The Morgan fingerprint density at radius 2 is 1.97 bits per heavy atom. The zero-order chi connectivity index (χ0) is 20.8. The SMILES string of the molecule is Cc1cccc(COc2ccc(/C=C(/C#N)c3cccc([N+](=O)[O-])c3)cc2Br)c1. The van der Waals surface area contributed by atoms with Gasteiger partial charge in [-0.3, -0.25) is 10.1 Å². The third-order valence-corrected chi connectivity index (χ3v) is 4.85. The Morgan fingerprint density at radius 1 is 1.17 bits per heavy atom. The highest BCUT2D eigenvalue weighted by Crippen LogP contribution is 2.29. The van der Waals surface area contributed by atoms with Crippen molar-refractivity contribution in [2.75, 3.05) is 0 Å². The first-order chi connectivity index (χ1) is 14.0. The van der Waals surface area contributed by atoms with Crippen LogP contribution in [0, 0.1) is 28.4 Å². The summed E-state index contributed by atoms with van der Waals surface area (Å²) >= 11 is 3.51. The van der Waals surface area contributed by atoms with Gasteiger partial charge in [0.25, 0.3) is 5.69 Å². The minimum atomic E-state index is -0.477. The van der Waals surface area contributed by atoms with Gasteiger partial charge in [0.2, 0.25) is 0 Å². The summed E-state index contributed by atoms with van der Waals surface area (Å²) in [7, 11) is 0. The molecule has 0 spiro atoms. The Labute approximate surface area is 177 Å². The molecule has 3 aromatic carbocycles. The second-order valence-electron chi connectivity index (χ2n) is 6.44. The van der Waals surface area contributed by atoms with Crippen LogP contribution in [0.1, 0.15) is 22.3 Å². The molecule has 3 aromatic rings. The molecule has 0 fully saturated rings. The largest absolute Gasteiger partial charge is 0.488 e. The fourth-order valence-corrected chi connectivity index (χ4v) is 3.33. The van der Waals surface area contributed by atoms with Crippen LogP contribution in [0.25, 0.3) is 11.6 Å². The third-order valence-electron chi connectivity index (χ3n) is 4.23. The molecule has 0 N–H and O–H groups in total. The van der Waals surface area contributed by atoms with E-state index < -0.39 is 4.92 Å². The lowest BCUT2D eigenvalue weighted by Crippen LogP contribution is -1.96. The maximum absolute atomic E-state index is 11.0. The fraction of sp³-hybridized carbons (Fsp3) is 0.0870. The lowest BCUT2D eigenvalue weighted by Gasteiger charge is -2.10. The van der Waals surface area contributed by atoms with E-state index in [1.807, 2.05) is 43.3 Å². The van der Waals surface area contributed by atoms with Crippen LogP contribution >= 0.6 is 15.9 Å². The number of rotatable bonds is 6. The average Bonchev–Trinajstić information content (AvgIpc) is 2.71. The van der Waals surface area contributed by atoms with E-state index in [4.69, 9.17) is 4.74 Å². The van der Waals surface area contributed by atoms with Crippen molar-refractivity contribution >= 4 is 33.3 Å². The smallest absolute Gasteiger partial charge is 0.270 e. The second-order valence-corrected chi connectivity index (χ2v) is 7.30. The summed E-state index contributed by atoms with van der Waals surface area (Å²) in [5, 5.41) is 20.5. The third kappa shape index (κ3) is 5.31. The number of benzene rings is 3. The quantitative estimate of drug-likeness (QED) is 0.191. The molecule has 0 aliphatic rings. The summed E-state index contributed by atoms with van der Waals surface area (Å²) in [5.74, 6) is 0.692. The van der Waals surface area contributed by atoms with Crippen LogP contribution in [0.15, 0.2) is 71.2 Å². The number of nitriles is 1. The van der Waals surface area contributed by atoms with Crippen molar-refractivity contribution in [3.8, 4) is 11.8 Å². The maximum atomic E-state index is 11.0. The topological polar surface area (TPSA) is 76.2 Å². The zero-order valence-corrected chi connectivity index (χ0v) is 17.2. The number of hydrogen-bond acceptors (Lipinski definition) is 4. The molecular weight excluding hydrogens is 432 g/mol. The lowest BCUT2D eigenvalue weighted by molar-refractivity contribution is -0.384. The van der Waals surface area contributed by atoms with Crippen molar-refractivity contribution in [3.63, 3.8) is 0 Å². The standard InChI is InChI=1S/C23H17BrN2O3/c1-16-4-2-5-18(10-16)15-29-23-9-8-17(12-22(23)24)11-20(14-25)19-6-3-7-21(13-19)26(27)28/h2-13H,15H2,1H3/b20-11-. The summed E-state index contributed by atoms with van der Waals surface area (Å²) in [6.07, 6.45) is 1.69. The Kier molecular flexibility index (Phi) is 6.43. The van der Waals surface area contributed by atoms with Crippen LogP contribution in [0.2, 0.25) is 0 Å². The van der Waals surface area contributed by atoms with Crippen molar-refractivity contribution < 1.29 is 9.66 Å². The van der Waals surface area contributed by atoms with Crippen LogP contribution in [0.5, 0.6) is 5.75 Å². The summed E-state index contributed by atoms with van der Waals surface area (Å²) < 4.78 is 6.64. The molecule has 0 aliphatic carbocycles. The van der Waals surface area contributed by atoms with E-state index in [1.165, 1.54) is 17.7 Å². The summed E-state index contributed by atoms with van der Waals surface area (Å²) in [6, 6.07) is 21.8. The molecule has 3 rings (SSSR count). The molecule has 144 valence electrons. The number of aryl methyl sites for hydroxylation is 1. The first-order valence-electron chi connectivity index (χ1n) is 8.81. The Morgan fingerprint density at radius 3 is 2.66 bits per heavy atom. The normalized spacial score (nSPS) is 11.0. The molecule has 0 unspecified atom stereocenters. The van der Waals surface area contributed by atoms with Crippen molar-refractivity contribution in [1.29, 1.82) is 5.26 Å². The van der Waals surface area contributed by atoms with E-state index in [0.29, 0.717) is 23.5 Å². The van der Waals surface area contributed by atoms with Crippen LogP contribution < -0.4 is 4.74 Å². The molecule has 0 saturated heterocycles. The van der Waals surface area contributed by atoms with Crippen molar-refractivity contribution in [3.05, 3.63) is 104 Å². The highest BCUT2D eigenvalue weighted by atomic mass is 79.9. The van der Waals surface area contributed by atoms with Gasteiger partial charge in [0.1, 0.15) is 12.4 Å². The van der Waals surface area contributed by atoms with Gasteiger partial charge in [-0.25, -0.2) is 0 Å². The number of allylic oxidation sites excluding steroid dienone is 1. The van der Waals surface area contributed by atoms with Crippen LogP contribution in [0.4, 0.5) is 5.69 Å². The Balaban J connectivity index is 1.80. The number of ether oxygens (including phenoxy) is 1. The number of halogens is 1. The van der Waals surface area contributed by atoms with Gasteiger partial charge in [-0.1, -0.05) is 48.0 Å². The predicted octanol–water partition coefficient (Wildman–Crippen LogP) is 6.31. The van der Waals surface area contributed by atoms with E-state index in [9.17, 15) is 15.4 Å². The fourth-order valence-electron chi connectivity index (χ4n) is 2.82. The molecule has 0 aromatic heterocycles. The van der Waals surface area contributed by atoms with E-state index in [2.05, 4.69) is 28.1 Å². The predicted molar refractivity (Wildman–Crippen MR) is 116 cm³/mol. The number of nitrogens with zero attached hydrogens (tertiary/aromatic N) is 2. The highest BCUT2D eigenvalue weighted by molar-refractivity contribution is 9.10. The number of nitro benzene ring substituents is 1. The van der Waals surface area contributed by atoms with Gasteiger partial charge in [0.15, 0.2) is 0 Å². The van der Waals surface area contributed by atoms with E-state index >= 15 is 0 Å². The Bertz CT molecular complexity index is 1130. The molecule has 29 heavy (non-hydrogen) atoms. The summed E-state index contributed by atoms with van der Waals surface area (Å²) in [4.78, 5) is 10.5. The molecule has 6 heteroatoms. The van der Waals surface area contributed by atoms with Crippen LogP contribution in [0.3, 0.4) is 0 Å². The van der Waals surface area contributed by atoms with Crippen LogP contribution in [-0.2, 0) is 6.61 Å². The first kappa shape index (κ1) is 20.3. The zero-order valence-electron chi connectivity index (χ0n) is 15.6. The molecule has 0 heterocycles. The molecule has 0 aliphatic heterocycles. The number of nitro groups is 1. The number of hydrogen-bond donors (Lipinski definition) is 0. The average molecular weight is 449 g/mol.